The maximum atomic E-state index is 12.5. The number of benzene rings is 1. The summed E-state index contributed by atoms with van der Waals surface area (Å²) in [6.45, 7) is 12.3. The molecule has 4 nitrogen and oxygen atoms in total. The summed E-state index contributed by atoms with van der Waals surface area (Å²) in [5.41, 5.74) is 3.55. The van der Waals surface area contributed by atoms with Gasteiger partial charge in [0.25, 0.3) is 0 Å². The fourth-order valence-electron chi connectivity index (χ4n) is 4.35. The molecule has 150 valence electrons. The average molecular weight is 373 g/mol. The summed E-state index contributed by atoms with van der Waals surface area (Å²) in [5, 5.41) is 5.82. The maximum Gasteiger partial charge on any atom is 0.309 e. The van der Waals surface area contributed by atoms with E-state index in [-0.39, 0.29) is 11.5 Å². The van der Waals surface area contributed by atoms with Gasteiger partial charge in [0.05, 0.1) is 6.04 Å². The third-order valence-corrected chi connectivity index (χ3v) is 5.12. The van der Waals surface area contributed by atoms with Crippen LogP contribution in [0.1, 0.15) is 90.0 Å². The molecule has 2 N–H and O–H groups in total. The van der Waals surface area contributed by atoms with Gasteiger partial charge in [-0.3, -0.25) is 9.59 Å². The Hall–Kier alpha value is -1.84. The molecule has 1 aliphatic rings. The molecule has 1 unspecified atom stereocenters. The quantitative estimate of drug-likeness (QED) is 0.750. The Balaban J connectivity index is 2.03. The summed E-state index contributed by atoms with van der Waals surface area (Å²) < 4.78 is 0. The van der Waals surface area contributed by atoms with Gasteiger partial charge in [-0.25, -0.2) is 0 Å². The van der Waals surface area contributed by atoms with E-state index >= 15 is 0 Å². The van der Waals surface area contributed by atoms with Crippen LogP contribution in [0.5, 0.6) is 0 Å². The van der Waals surface area contributed by atoms with E-state index in [1.165, 1.54) is 24.0 Å². The molecule has 0 saturated heterocycles. The Morgan fingerprint density at radius 3 is 2.22 bits per heavy atom. The van der Waals surface area contributed by atoms with Gasteiger partial charge in [0.15, 0.2) is 0 Å². The number of carbonyl (C=O) groups excluding carboxylic acids is 2. The lowest BCUT2D eigenvalue weighted by Crippen LogP contribution is -2.51. The average Bonchev–Trinajstić information content (AvgIpc) is 2.56. The lowest BCUT2D eigenvalue weighted by molar-refractivity contribution is -0.140. The summed E-state index contributed by atoms with van der Waals surface area (Å²) in [7, 11) is 0. The first-order valence-corrected chi connectivity index (χ1v) is 10.3. The number of aryl methyl sites for hydroxylation is 2. The van der Waals surface area contributed by atoms with E-state index in [0.29, 0.717) is 0 Å². The predicted octanol–water partition coefficient (Wildman–Crippen LogP) is 4.46. The minimum absolute atomic E-state index is 0.0718. The minimum Gasteiger partial charge on any atom is -0.343 e. The molecule has 1 atom stereocenters. The van der Waals surface area contributed by atoms with Gasteiger partial charge in [-0.1, -0.05) is 45.9 Å². The maximum absolute atomic E-state index is 12.5. The number of hydrogen-bond donors (Lipinski definition) is 2. The van der Waals surface area contributed by atoms with Crippen molar-refractivity contribution in [3.8, 4) is 0 Å². The molecule has 4 heteroatoms. The summed E-state index contributed by atoms with van der Waals surface area (Å²) in [4.78, 5) is 24.9. The second-order valence-corrected chi connectivity index (χ2v) is 9.74. The summed E-state index contributed by atoms with van der Waals surface area (Å²) in [5.74, 6) is -1.11. The molecule has 2 rings (SSSR count). The third kappa shape index (κ3) is 6.37. The monoisotopic (exact) mass is 372 g/mol. The molecule has 0 aromatic heterocycles. The first-order chi connectivity index (χ1) is 12.5. The topological polar surface area (TPSA) is 58.2 Å². The molecule has 0 aliphatic heterocycles. The van der Waals surface area contributed by atoms with Crippen molar-refractivity contribution in [2.75, 3.05) is 0 Å². The molecule has 0 spiro atoms. The SMILES string of the molecule is CCC(NC(=O)C(=O)NC(C)(C)CC(C)(C)C)c1ccc2c(c1)CCCC2. The highest BCUT2D eigenvalue weighted by Gasteiger charge is 2.30. The highest BCUT2D eigenvalue weighted by Crippen LogP contribution is 2.27. The van der Waals surface area contributed by atoms with Crippen molar-refractivity contribution in [3.05, 3.63) is 34.9 Å². The highest BCUT2D eigenvalue weighted by atomic mass is 16.2. The fourth-order valence-corrected chi connectivity index (χ4v) is 4.35. The summed E-state index contributed by atoms with van der Waals surface area (Å²) in [6.07, 6.45) is 6.28. The van der Waals surface area contributed by atoms with Crippen LogP contribution in [0.2, 0.25) is 0 Å². The third-order valence-electron chi connectivity index (χ3n) is 5.12. The second kappa shape index (κ2) is 8.45. The predicted molar refractivity (Wildman–Crippen MR) is 111 cm³/mol. The number of hydrogen-bond acceptors (Lipinski definition) is 2. The van der Waals surface area contributed by atoms with Crippen LogP contribution in [0.15, 0.2) is 18.2 Å². The van der Waals surface area contributed by atoms with Crippen LogP contribution in [0.3, 0.4) is 0 Å². The molecule has 1 aromatic carbocycles. The molecule has 1 aromatic rings. The molecule has 0 fully saturated rings. The lowest BCUT2D eigenvalue weighted by atomic mass is 9.82. The summed E-state index contributed by atoms with van der Waals surface area (Å²) in [6, 6.07) is 6.36. The standard InChI is InChI=1S/C23H36N2O2/c1-7-19(18-13-12-16-10-8-9-11-17(16)14-18)24-20(26)21(27)25-23(5,6)15-22(2,3)4/h12-14,19H,7-11,15H2,1-6H3,(H,24,26)(H,25,27). The molecule has 1 aliphatic carbocycles. The van der Waals surface area contributed by atoms with Gasteiger partial charge in [-0.15, -0.1) is 0 Å². The van der Waals surface area contributed by atoms with Crippen molar-refractivity contribution in [3.63, 3.8) is 0 Å². The molecular weight excluding hydrogens is 336 g/mol. The molecule has 0 heterocycles. The minimum atomic E-state index is -0.555. The highest BCUT2D eigenvalue weighted by molar-refractivity contribution is 6.35. The van der Waals surface area contributed by atoms with Gasteiger partial charge in [0, 0.05) is 5.54 Å². The van der Waals surface area contributed by atoms with Gasteiger partial charge in [-0.05, 0) is 74.5 Å². The Morgan fingerprint density at radius 1 is 1.00 bits per heavy atom. The van der Waals surface area contributed by atoms with Gasteiger partial charge < -0.3 is 10.6 Å². The normalized spacial score (nSPS) is 15.6. The summed E-state index contributed by atoms with van der Waals surface area (Å²) >= 11 is 0. The number of amides is 2. The van der Waals surface area contributed by atoms with Crippen LogP contribution < -0.4 is 10.6 Å². The van der Waals surface area contributed by atoms with Crippen LogP contribution in [0, 0.1) is 5.41 Å². The molecule has 0 bridgehead atoms. The smallest absolute Gasteiger partial charge is 0.309 e. The fraction of sp³-hybridized carbons (Fsp3) is 0.652. The Morgan fingerprint density at radius 2 is 1.63 bits per heavy atom. The molecule has 0 radical (unpaired) electrons. The number of fused-ring (bicyclic) bond motifs is 1. The van der Waals surface area contributed by atoms with Crippen molar-refractivity contribution in [2.24, 2.45) is 5.41 Å². The molecular formula is C23H36N2O2. The van der Waals surface area contributed by atoms with Crippen LogP contribution in [0.25, 0.3) is 0 Å². The zero-order chi connectivity index (χ0) is 20.2. The van der Waals surface area contributed by atoms with E-state index in [2.05, 4.69) is 49.6 Å². The van der Waals surface area contributed by atoms with Gasteiger partial charge in [0.2, 0.25) is 0 Å². The van der Waals surface area contributed by atoms with E-state index in [1.807, 2.05) is 20.8 Å². The first-order valence-electron chi connectivity index (χ1n) is 10.3. The van der Waals surface area contributed by atoms with Crippen molar-refractivity contribution in [1.29, 1.82) is 0 Å². The Kier molecular flexibility index (Phi) is 6.72. The van der Waals surface area contributed by atoms with Crippen LogP contribution in [-0.2, 0) is 22.4 Å². The van der Waals surface area contributed by atoms with Crippen LogP contribution in [-0.4, -0.2) is 17.4 Å². The Labute approximate surface area is 164 Å². The molecule has 0 saturated carbocycles. The number of rotatable bonds is 5. The van der Waals surface area contributed by atoms with Crippen molar-refractivity contribution in [2.45, 2.75) is 91.6 Å². The van der Waals surface area contributed by atoms with Crippen molar-refractivity contribution < 1.29 is 9.59 Å². The van der Waals surface area contributed by atoms with E-state index in [1.54, 1.807) is 0 Å². The first kappa shape index (κ1) is 21.5. The zero-order valence-corrected chi connectivity index (χ0v) is 17.9. The van der Waals surface area contributed by atoms with E-state index in [9.17, 15) is 9.59 Å². The van der Waals surface area contributed by atoms with E-state index < -0.39 is 17.4 Å². The second-order valence-electron chi connectivity index (χ2n) is 9.74. The van der Waals surface area contributed by atoms with E-state index in [0.717, 1.165) is 31.2 Å². The lowest BCUT2D eigenvalue weighted by Gasteiger charge is -2.33. The van der Waals surface area contributed by atoms with Gasteiger partial charge in [0.1, 0.15) is 0 Å². The van der Waals surface area contributed by atoms with Crippen molar-refractivity contribution >= 4 is 11.8 Å². The molecule has 2 amide bonds. The van der Waals surface area contributed by atoms with Gasteiger partial charge >= 0.3 is 11.8 Å². The zero-order valence-electron chi connectivity index (χ0n) is 17.9. The number of carbonyl (C=O) groups is 2. The van der Waals surface area contributed by atoms with Gasteiger partial charge in [-0.2, -0.15) is 0 Å². The van der Waals surface area contributed by atoms with Crippen LogP contribution >= 0.6 is 0 Å². The largest absolute Gasteiger partial charge is 0.343 e. The van der Waals surface area contributed by atoms with Crippen LogP contribution in [0.4, 0.5) is 0 Å². The number of nitrogens with one attached hydrogen (secondary N) is 2. The molecule has 27 heavy (non-hydrogen) atoms. The van der Waals surface area contributed by atoms with E-state index in [4.69, 9.17) is 0 Å². The van der Waals surface area contributed by atoms with Crippen molar-refractivity contribution in [1.82, 2.24) is 10.6 Å². The Bertz CT molecular complexity index is 686.